The molecule has 0 atom stereocenters. The highest BCUT2D eigenvalue weighted by Gasteiger charge is 2.27. The van der Waals surface area contributed by atoms with E-state index < -0.39 is 0 Å². The van der Waals surface area contributed by atoms with Crippen LogP contribution in [0.2, 0.25) is 0 Å². The van der Waals surface area contributed by atoms with Gasteiger partial charge in [0.15, 0.2) is 0 Å². The Labute approximate surface area is 87.5 Å². The van der Waals surface area contributed by atoms with E-state index in [2.05, 4.69) is 31.1 Å². The first kappa shape index (κ1) is 12.0. The first-order valence-corrected chi connectivity index (χ1v) is 5.68. The lowest BCUT2D eigenvalue weighted by atomic mass is 9.82. The Kier molecular flexibility index (Phi) is 4.85. The SMILES string of the molecule is CC(C)NCCN(C)CC1CC(O)C1. The highest BCUT2D eigenvalue weighted by atomic mass is 16.3. The summed E-state index contributed by atoms with van der Waals surface area (Å²) in [4.78, 5) is 2.35. The first-order chi connectivity index (χ1) is 6.58. The number of hydrogen-bond donors (Lipinski definition) is 2. The van der Waals surface area contributed by atoms with E-state index in [9.17, 15) is 0 Å². The van der Waals surface area contributed by atoms with E-state index in [0.717, 1.165) is 38.4 Å². The summed E-state index contributed by atoms with van der Waals surface area (Å²) in [7, 11) is 2.16. The summed E-state index contributed by atoms with van der Waals surface area (Å²) in [6, 6.07) is 0.578. The van der Waals surface area contributed by atoms with Crippen LogP contribution >= 0.6 is 0 Å². The van der Waals surface area contributed by atoms with Gasteiger partial charge in [0.05, 0.1) is 6.10 Å². The summed E-state index contributed by atoms with van der Waals surface area (Å²) in [5, 5.41) is 12.6. The Morgan fingerprint density at radius 1 is 1.43 bits per heavy atom. The number of hydrogen-bond acceptors (Lipinski definition) is 3. The van der Waals surface area contributed by atoms with Gasteiger partial charge in [-0.05, 0) is 25.8 Å². The minimum absolute atomic E-state index is 0.0119. The molecule has 84 valence electrons. The minimum Gasteiger partial charge on any atom is -0.393 e. The standard InChI is InChI=1S/C11H24N2O/c1-9(2)12-4-5-13(3)8-10-6-11(14)7-10/h9-12,14H,4-8H2,1-3H3. The lowest BCUT2D eigenvalue weighted by Crippen LogP contribution is -2.40. The van der Waals surface area contributed by atoms with Crippen LogP contribution in [0.1, 0.15) is 26.7 Å². The fraction of sp³-hybridized carbons (Fsp3) is 1.00. The summed E-state index contributed by atoms with van der Waals surface area (Å²) < 4.78 is 0. The Balaban J connectivity index is 1.96. The van der Waals surface area contributed by atoms with Crippen LogP contribution < -0.4 is 5.32 Å². The van der Waals surface area contributed by atoms with Crippen LogP contribution in [0.4, 0.5) is 0 Å². The Hall–Kier alpha value is -0.120. The van der Waals surface area contributed by atoms with E-state index in [1.807, 2.05) is 0 Å². The molecule has 3 nitrogen and oxygen atoms in total. The topological polar surface area (TPSA) is 35.5 Å². The van der Waals surface area contributed by atoms with Crippen molar-refractivity contribution in [3.8, 4) is 0 Å². The molecule has 1 fully saturated rings. The number of nitrogens with one attached hydrogen (secondary N) is 1. The number of aliphatic hydroxyl groups excluding tert-OH is 1. The smallest absolute Gasteiger partial charge is 0.0546 e. The zero-order chi connectivity index (χ0) is 10.6. The monoisotopic (exact) mass is 200 g/mol. The minimum atomic E-state index is -0.0119. The van der Waals surface area contributed by atoms with Gasteiger partial charge < -0.3 is 15.3 Å². The molecular formula is C11H24N2O. The molecule has 1 aliphatic carbocycles. The number of nitrogens with zero attached hydrogens (tertiary/aromatic N) is 1. The molecule has 0 spiro atoms. The molecule has 0 heterocycles. The van der Waals surface area contributed by atoms with Crippen LogP contribution in [0.5, 0.6) is 0 Å². The Morgan fingerprint density at radius 2 is 2.07 bits per heavy atom. The average molecular weight is 200 g/mol. The molecule has 1 aliphatic rings. The summed E-state index contributed by atoms with van der Waals surface area (Å²) in [6.45, 7) is 7.63. The van der Waals surface area contributed by atoms with Gasteiger partial charge in [-0.15, -0.1) is 0 Å². The van der Waals surface area contributed by atoms with Crippen molar-refractivity contribution in [2.75, 3.05) is 26.7 Å². The van der Waals surface area contributed by atoms with E-state index in [4.69, 9.17) is 5.11 Å². The van der Waals surface area contributed by atoms with Crippen LogP contribution in [-0.4, -0.2) is 48.8 Å². The number of rotatable bonds is 6. The normalized spacial score (nSPS) is 27.0. The lowest BCUT2D eigenvalue weighted by Gasteiger charge is -2.34. The lowest BCUT2D eigenvalue weighted by molar-refractivity contribution is 0.0285. The van der Waals surface area contributed by atoms with E-state index >= 15 is 0 Å². The maximum atomic E-state index is 9.15. The van der Waals surface area contributed by atoms with E-state index in [0.29, 0.717) is 6.04 Å². The van der Waals surface area contributed by atoms with E-state index in [1.54, 1.807) is 0 Å². The maximum absolute atomic E-state index is 9.15. The molecule has 0 aromatic rings. The highest BCUT2D eigenvalue weighted by molar-refractivity contribution is 4.80. The molecule has 0 amide bonds. The third-order valence-corrected chi connectivity index (χ3v) is 2.83. The molecule has 0 aromatic heterocycles. The van der Waals surface area contributed by atoms with Crippen LogP contribution in [-0.2, 0) is 0 Å². The van der Waals surface area contributed by atoms with Crippen molar-refractivity contribution in [1.29, 1.82) is 0 Å². The van der Waals surface area contributed by atoms with Gasteiger partial charge in [0, 0.05) is 25.7 Å². The van der Waals surface area contributed by atoms with Crippen LogP contribution in [0.25, 0.3) is 0 Å². The average Bonchev–Trinajstić information content (AvgIpc) is 2.00. The second kappa shape index (κ2) is 5.69. The predicted molar refractivity (Wildman–Crippen MR) is 59.4 cm³/mol. The molecule has 1 saturated carbocycles. The van der Waals surface area contributed by atoms with Gasteiger partial charge in [-0.25, -0.2) is 0 Å². The van der Waals surface area contributed by atoms with Gasteiger partial charge in [-0.2, -0.15) is 0 Å². The Morgan fingerprint density at radius 3 is 2.57 bits per heavy atom. The Bertz CT molecular complexity index is 155. The highest BCUT2D eigenvalue weighted by Crippen LogP contribution is 2.27. The molecule has 0 aliphatic heterocycles. The van der Waals surface area contributed by atoms with Crippen LogP contribution in [0.15, 0.2) is 0 Å². The van der Waals surface area contributed by atoms with Crippen molar-refractivity contribution in [2.24, 2.45) is 5.92 Å². The molecule has 0 saturated heterocycles. The summed E-state index contributed by atoms with van der Waals surface area (Å²) >= 11 is 0. The molecule has 0 unspecified atom stereocenters. The van der Waals surface area contributed by atoms with Gasteiger partial charge in [-0.1, -0.05) is 13.8 Å². The molecule has 14 heavy (non-hydrogen) atoms. The predicted octanol–water partition coefficient (Wildman–Crippen LogP) is 0.687. The first-order valence-electron chi connectivity index (χ1n) is 5.68. The summed E-state index contributed by atoms with van der Waals surface area (Å²) in [5.74, 6) is 0.731. The van der Waals surface area contributed by atoms with Crippen molar-refractivity contribution in [2.45, 2.75) is 38.8 Å². The largest absolute Gasteiger partial charge is 0.393 e. The van der Waals surface area contributed by atoms with Gasteiger partial charge in [0.2, 0.25) is 0 Å². The third kappa shape index (κ3) is 4.40. The van der Waals surface area contributed by atoms with E-state index in [1.165, 1.54) is 0 Å². The second-order valence-corrected chi connectivity index (χ2v) is 4.86. The van der Waals surface area contributed by atoms with Crippen LogP contribution in [0, 0.1) is 5.92 Å². The van der Waals surface area contributed by atoms with Gasteiger partial charge in [0.1, 0.15) is 0 Å². The van der Waals surface area contributed by atoms with Gasteiger partial charge >= 0.3 is 0 Å². The second-order valence-electron chi connectivity index (χ2n) is 4.86. The molecule has 1 rings (SSSR count). The molecule has 0 aromatic carbocycles. The summed E-state index contributed by atoms with van der Waals surface area (Å²) in [6.07, 6.45) is 1.99. The quantitative estimate of drug-likeness (QED) is 0.662. The molecule has 3 heteroatoms. The van der Waals surface area contributed by atoms with Crippen molar-refractivity contribution in [1.82, 2.24) is 10.2 Å². The van der Waals surface area contributed by atoms with Crippen molar-refractivity contribution in [3.05, 3.63) is 0 Å². The van der Waals surface area contributed by atoms with Crippen molar-refractivity contribution < 1.29 is 5.11 Å². The zero-order valence-corrected chi connectivity index (χ0v) is 9.66. The van der Waals surface area contributed by atoms with E-state index in [-0.39, 0.29) is 6.10 Å². The fourth-order valence-corrected chi connectivity index (χ4v) is 1.93. The van der Waals surface area contributed by atoms with Gasteiger partial charge in [-0.3, -0.25) is 0 Å². The number of aliphatic hydroxyl groups is 1. The van der Waals surface area contributed by atoms with Gasteiger partial charge in [0.25, 0.3) is 0 Å². The molecule has 0 bridgehead atoms. The third-order valence-electron chi connectivity index (χ3n) is 2.83. The summed E-state index contributed by atoms with van der Waals surface area (Å²) in [5.41, 5.74) is 0. The van der Waals surface area contributed by atoms with Crippen molar-refractivity contribution >= 4 is 0 Å². The zero-order valence-electron chi connectivity index (χ0n) is 9.66. The molecular weight excluding hydrogens is 176 g/mol. The maximum Gasteiger partial charge on any atom is 0.0546 e. The fourth-order valence-electron chi connectivity index (χ4n) is 1.93. The number of likely N-dealkylation sites (N-methyl/N-ethyl adjacent to an activating group) is 1. The van der Waals surface area contributed by atoms with Crippen molar-refractivity contribution in [3.63, 3.8) is 0 Å². The van der Waals surface area contributed by atoms with Crippen LogP contribution in [0.3, 0.4) is 0 Å². The molecule has 2 N–H and O–H groups in total. The molecule has 0 radical (unpaired) electrons.